The molecule has 2 aromatic rings. The zero-order valence-electron chi connectivity index (χ0n) is 15.5. The van der Waals surface area contributed by atoms with E-state index in [1.165, 1.54) is 0 Å². The number of nitrogens with one attached hydrogen (secondary N) is 2. The predicted octanol–water partition coefficient (Wildman–Crippen LogP) is 0.00254. The lowest BCUT2D eigenvalue weighted by atomic mass is 10.2. The smallest absolute Gasteiger partial charge is 0.243 e. The molecule has 2 heterocycles. The van der Waals surface area contributed by atoms with E-state index in [2.05, 4.69) is 46.1 Å². The Morgan fingerprint density at radius 2 is 1.44 bits per heavy atom. The van der Waals surface area contributed by atoms with Crippen LogP contribution in [0, 0.1) is 13.8 Å². The third-order valence-electron chi connectivity index (χ3n) is 3.51. The second-order valence-electron chi connectivity index (χ2n) is 5.55. The van der Waals surface area contributed by atoms with Crippen LogP contribution in [-0.2, 0) is 0 Å². The quantitative estimate of drug-likeness (QED) is 0.201. The van der Waals surface area contributed by atoms with Crippen LogP contribution < -0.4 is 28.2 Å². The number of hydrazine groups is 1. The molecule has 0 aliphatic carbocycles. The summed E-state index contributed by atoms with van der Waals surface area (Å²) in [6, 6.07) is 0. The Bertz CT molecular complexity index is 911. The predicted molar refractivity (Wildman–Crippen MR) is 105 cm³/mol. The van der Waals surface area contributed by atoms with Crippen molar-refractivity contribution in [1.29, 1.82) is 0 Å². The molecule has 2 aromatic heterocycles. The second kappa shape index (κ2) is 8.62. The highest BCUT2D eigenvalue weighted by Crippen LogP contribution is 2.11. The van der Waals surface area contributed by atoms with Gasteiger partial charge in [0.05, 0.1) is 22.8 Å². The summed E-state index contributed by atoms with van der Waals surface area (Å²) in [6.07, 6.45) is 3.25. The largest absolute Gasteiger partial charge is 0.369 e. The molecule has 142 valence electrons. The number of nitrogens with zero attached hydrogens (tertiary/aromatic N) is 7. The Morgan fingerprint density at radius 1 is 0.889 bits per heavy atom. The zero-order chi connectivity index (χ0) is 20.0. The molecule has 0 fully saturated rings. The molecule has 0 saturated carbocycles. The first-order valence-electron chi connectivity index (χ1n) is 7.90. The van der Waals surface area contributed by atoms with Crippen molar-refractivity contribution < 1.29 is 0 Å². The molecular weight excluding hydrogens is 348 g/mol. The van der Waals surface area contributed by atoms with Crippen LogP contribution in [0.4, 0.5) is 11.9 Å². The maximum atomic E-state index is 5.30. The molecule has 0 amide bonds. The fourth-order valence-corrected chi connectivity index (χ4v) is 2.15. The first-order chi connectivity index (χ1) is 12.8. The Balaban J connectivity index is 2.18. The number of hydrogen-bond acceptors (Lipinski definition) is 10. The third-order valence-corrected chi connectivity index (χ3v) is 3.51. The van der Waals surface area contributed by atoms with Crippen LogP contribution in [0.2, 0.25) is 0 Å². The lowest BCUT2D eigenvalue weighted by molar-refractivity contribution is 1.05. The van der Waals surface area contributed by atoms with Gasteiger partial charge in [0, 0.05) is 23.5 Å². The molecule has 0 unspecified atom stereocenters. The van der Waals surface area contributed by atoms with Gasteiger partial charge in [-0.3, -0.25) is 5.43 Å². The third kappa shape index (κ3) is 5.15. The Kier molecular flexibility index (Phi) is 6.27. The van der Waals surface area contributed by atoms with Gasteiger partial charge in [0.15, 0.2) is 0 Å². The van der Waals surface area contributed by atoms with Crippen LogP contribution in [0.1, 0.15) is 36.4 Å². The fourth-order valence-electron chi connectivity index (χ4n) is 2.15. The highest BCUT2D eigenvalue weighted by atomic mass is 15.4. The molecule has 0 spiro atoms. The molecule has 12 nitrogen and oxygen atoms in total. The van der Waals surface area contributed by atoms with Gasteiger partial charge in [0.2, 0.25) is 17.9 Å². The monoisotopic (exact) mass is 370 g/mol. The van der Waals surface area contributed by atoms with Crippen molar-refractivity contribution >= 4 is 29.3 Å². The average Bonchev–Trinajstić information content (AvgIpc) is 2.64. The molecule has 2 rings (SSSR count). The van der Waals surface area contributed by atoms with E-state index in [0.29, 0.717) is 29.0 Å². The summed E-state index contributed by atoms with van der Waals surface area (Å²) in [4.78, 5) is 16.9. The molecule has 12 heteroatoms. The normalized spacial score (nSPS) is 11.9. The van der Waals surface area contributed by atoms with Crippen molar-refractivity contribution in [2.75, 3.05) is 10.9 Å². The number of hydrazone groups is 1. The van der Waals surface area contributed by atoms with Crippen LogP contribution in [-0.4, -0.2) is 37.3 Å². The lowest BCUT2D eigenvalue weighted by Crippen LogP contribution is -2.22. The van der Waals surface area contributed by atoms with Crippen molar-refractivity contribution in [3.63, 3.8) is 0 Å². The van der Waals surface area contributed by atoms with E-state index in [4.69, 9.17) is 17.3 Å². The molecule has 0 radical (unpaired) electrons. The van der Waals surface area contributed by atoms with Crippen LogP contribution >= 0.6 is 0 Å². The SMILES string of the molecule is CC(=NNc1ncc(C(C)=NN=C(N)N)c(C)n1)c1cnc(NN)nc1C. The van der Waals surface area contributed by atoms with E-state index in [1.54, 1.807) is 19.3 Å². The number of aromatic nitrogens is 4. The molecule has 0 saturated heterocycles. The van der Waals surface area contributed by atoms with E-state index in [0.717, 1.165) is 16.8 Å². The summed E-state index contributed by atoms with van der Waals surface area (Å²) >= 11 is 0. The summed E-state index contributed by atoms with van der Waals surface area (Å²) in [6.45, 7) is 7.24. The van der Waals surface area contributed by atoms with Gasteiger partial charge in [-0.1, -0.05) is 0 Å². The summed E-state index contributed by atoms with van der Waals surface area (Å²) in [5.41, 5.74) is 20.0. The van der Waals surface area contributed by atoms with E-state index in [-0.39, 0.29) is 5.96 Å². The standard InChI is InChI=1S/C15H22N12/c1-7-11(5-19-14(21-7)23-18)10(4)25-27-15-20-6-12(8(2)22-15)9(3)24-26-13(16)17/h5-6H,18H2,1-4H3,(H4,16,17,26)(H,19,21,23)(H,20,22,27). The molecule has 0 bridgehead atoms. The number of guanidine groups is 1. The number of rotatable bonds is 6. The summed E-state index contributed by atoms with van der Waals surface area (Å²) in [5, 5.41) is 11.8. The van der Waals surface area contributed by atoms with Crippen molar-refractivity contribution in [1.82, 2.24) is 19.9 Å². The second-order valence-corrected chi connectivity index (χ2v) is 5.55. The van der Waals surface area contributed by atoms with Crippen LogP contribution in [0.25, 0.3) is 0 Å². The van der Waals surface area contributed by atoms with Crippen molar-refractivity contribution in [3.05, 3.63) is 34.9 Å². The summed E-state index contributed by atoms with van der Waals surface area (Å²) in [7, 11) is 0. The molecule has 0 atom stereocenters. The Morgan fingerprint density at radius 3 is 2.00 bits per heavy atom. The number of aryl methyl sites for hydroxylation is 2. The topological polar surface area (TPSA) is 191 Å². The van der Waals surface area contributed by atoms with Crippen LogP contribution in [0.15, 0.2) is 27.7 Å². The minimum Gasteiger partial charge on any atom is -0.369 e. The highest BCUT2D eigenvalue weighted by molar-refractivity contribution is 6.00. The maximum Gasteiger partial charge on any atom is 0.243 e. The molecule has 0 aliphatic rings. The molecule has 0 aliphatic heterocycles. The van der Waals surface area contributed by atoms with Gasteiger partial charge in [-0.15, -0.1) is 5.10 Å². The maximum absolute atomic E-state index is 5.30. The van der Waals surface area contributed by atoms with E-state index in [9.17, 15) is 0 Å². The summed E-state index contributed by atoms with van der Waals surface area (Å²) < 4.78 is 0. The van der Waals surface area contributed by atoms with Crippen molar-refractivity contribution in [2.24, 2.45) is 32.6 Å². The zero-order valence-corrected chi connectivity index (χ0v) is 15.5. The number of hydrogen-bond donors (Lipinski definition) is 5. The van der Waals surface area contributed by atoms with Gasteiger partial charge < -0.3 is 11.5 Å². The van der Waals surface area contributed by atoms with Crippen LogP contribution in [0.3, 0.4) is 0 Å². The minimum absolute atomic E-state index is 0.120. The van der Waals surface area contributed by atoms with Gasteiger partial charge in [0.25, 0.3) is 0 Å². The fraction of sp³-hybridized carbons (Fsp3) is 0.267. The molecule has 0 aromatic carbocycles. The number of anilines is 2. The average molecular weight is 370 g/mol. The Labute approximate surface area is 156 Å². The molecule has 27 heavy (non-hydrogen) atoms. The van der Waals surface area contributed by atoms with Crippen molar-refractivity contribution in [3.8, 4) is 0 Å². The minimum atomic E-state index is -0.120. The first-order valence-corrected chi connectivity index (χ1v) is 7.90. The van der Waals surface area contributed by atoms with Gasteiger partial charge in [-0.2, -0.15) is 10.2 Å². The van der Waals surface area contributed by atoms with Gasteiger partial charge in [0.1, 0.15) is 0 Å². The van der Waals surface area contributed by atoms with Gasteiger partial charge in [-0.05, 0) is 27.7 Å². The van der Waals surface area contributed by atoms with Gasteiger partial charge in [-0.25, -0.2) is 31.2 Å². The van der Waals surface area contributed by atoms with Gasteiger partial charge >= 0.3 is 0 Å². The summed E-state index contributed by atoms with van der Waals surface area (Å²) in [5.74, 6) is 5.85. The first kappa shape index (κ1) is 19.7. The van der Waals surface area contributed by atoms with Crippen molar-refractivity contribution in [2.45, 2.75) is 27.7 Å². The lowest BCUT2D eigenvalue weighted by Gasteiger charge is -2.08. The molecule has 8 N–H and O–H groups in total. The Hall–Kier alpha value is -3.67. The van der Waals surface area contributed by atoms with Crippen LogP contribution in [0.5, 0.6) is 0 Å². The van der Waals surface area contributed by atoms with E-state index >= 15 is 0 Å². The highest BCUT2D eigenvalue weighted by Gasteiger charge is 2.08. The molecular formula is C15H22N12. The van der Waals surface area contributed by atoms with E-state index < -0.39 is 0 Å². The number of nitrogens with two attached hydrogens (primary N) is 3. The number of nitrogen functional groups attached to an aromatic ring is 1. The van der Waals surface area contributed by atoms with E-state index in [1.807, 2.05) is 20.8 Å².